The van der Waals surface area contributed by atoms with Gasteiger partial charge < -0.3 is 9.30 Å². The fourth-order valence-corrected chi connectivity index (χ4v) is 5.34. The van der Waals surface area contributed by atoms with Crippen molar-refractivity contribution in [2.45, 2.75) is 38.6 Å². The molecule has 3 heterocycles. The summed E-state index contributed by atoms with van der Waals surface area (Å²) in [6, 6.07) is 4.39. The second-order valence-corrected chi connectivity index (χ2v) is 8.73. The Morgan fingerprint density at radius 2 is 2.21 bits per heavy atom. The summed E-state index contributed by atoms with van der Waals surface area (Å²) in [5.41, 5.74) is 2.31. The first-order valence-corrected chi connectivity index (χ1v) is 10.9. The van der Waals surface area contributed by atoms with Crippen molar-refractivity contribution >= 4 is 49.9 Å². The van der Waals surface area contributed by atoms with Gasteiger partial charge in [-0.3, -0.25) is 10.1 Å². The van der Waals surface area contributed by atoms with Gasteiger partial charge in [-0.15, -0.1) is 11.3 Å². The molecule has 0 atom stereocenters. The van der Waals surface area contributed by atoms with Crippen LogP contribution in [-0.4, -0.2) is 28.0 Å². The van der Waals surface area contributed by atoms with Gasteiger partial charge in [-0.25, -0.2) is 9.78 Å². The van der Waals surface area contributed by atoms with Crippen LogP contribution >= 0.6 is 22.7 Å². The van der Waals surface area contributed by atoms with Gasteiger partial charge in [0.05, 0.1) is 15.9 Å². The number of esters is 1. The van der Waals surface area contributed by atoms with Gasteiger partial charge in [0.1, 0.15) is 17.2 Å². The molecule has 0 aliphatic heterocycles. The number of nitrogens with one attached hydrogen (secondary N) is 1. The van der Waals surface area contributed by atoms with Gasteiger partial charge in [-0.1, -0.05) is 36.8 Å². The summed E-state index contributed by atoms with van der Waals surface area (Å²) in [5.74, 6) is -0.652. The van der Waals surface area contributed by atoms with Gasteiger partial charge in [0, 0.05) is 6.04 Å². The number of aryl methyl sites for hydroxylation is 1. The van der Waals surface area contributed by atoms with E-state index in [1.54, 1.807) is 18.3 Å². The first-order valence-electron chi connectivity index (χ1n) is 9.23. The van der Waals surface area contributed by atoms with Crippen LogP contribution in [0.2, 0.25) is 0 Å². The van der Waals surface area contributed by atoms with Gasteiger partial charge in [-0.05, 0) is 37.3 Å². The smallest absolute Gasteiger partial charge is 0.350 e. The standard InChI is InChI=1S/C20H21N3O3S2/c1-3-9-26-19(25)17-12(2)21-20(28-17)22-18(24)15-11-16-14(8-10-27-16)23(15)13-6-4-5-7-13/h3,8,10-11,13H,1,4-7,9H2,2H3,(H,21,22,24). The van der Waals surface area contributed by atoms with E-state index in [2.05, 4.69) is 32.9 Å². The molecule has 1 aliphatic rings. The van der Waals surface area contributed by atoms with Crippen LogP contribution in [0.1, 0.15) is 57.6 Å². The van der Waals surface area contributed by atoms with Crippen molar-refractivity contribution in [3.63, 3.8) is 0 Å². The van der Waals surface area contributed by atoms with Crippen LogP contribution in [0.4, 0.5) is 5.13 Å². The number of carbonyl (C=O) groups is 2. The zero-order valence-corrected chi connectivity index (χ0v) is 17.2. The fourth-order valence-electron chi connectivity index (χ4n) is 3.68. The Morgan fingerprint density at radius 3 is 2.96 bits per heavy atom. The third-order valence-electron chi connectivity index (χ3n) is 4.92. The van der Waals surface area contributed by atoms with Crippen LogP contribution in [0.3, 0.4) is 0 Å². The normalized spacial score (nSPS) is 14.5. The van der Waals surface area contributed by atoms with Crippen molar-refractivity contribution in [1.82, 2.24) is 9.55 Å². The molecule has 0 saturated heterocycles. The van der Waals surface area contributed by atoms with Crippen molar-refractivity contribution in [3.05, 3.63) is 46.4 Å². The number of rotatable bonds is 6. The Morgan fingerprint density at radius 1 is 1.43 bits per heavy atom. The largest absolute Gasteiger partial charge is 0.457 e. The third kappa shape index (κ3) is 3.49. The molecule has 28 heavy (non-hydrogen) atoms. The lowest BCUT2D eigenvalue weighted by Crippen LogP contribution is -2.19. The van der Waals surface area contributed by atoms with Crippen molar-refractivity contribution in [2.24, 2.45) is 0 Å². The summed E-state index contributed by atoms with van der Waals surface area (Å²) in [4.78, 5) is 29.8. The summed E-state index contributed by atoms with van der Waals surface area (Å²) in [6.45, 7) is 5.41. The Balaban J connectivity index is 1.59. The monoisotopic (exact) mass is 415 g/mol. The summed E-state index contributed by atoms with van der Waals surface area (Å²) in [5, 5.41) is 5.33. The molecule has 146 valence electrons. The zero-order chi connectivity index (χ0) is 19.7. The number of thiazole rings is 1. The lowest BCUT2D eigenvalue weighted by Gasteiger charge is -2.16. The summed E-state index contributed by atoms with van der Waals surface area (Å²) < 4.78 is 8.36. The van der Waals surface area contributed by atoms with E-state index in [0.29, 0.717) is 27.4 Å². The predicted octanol–water partition coefficient (Wildman–Crippen LogP) is 5.18. The molecule has 0 aromatic carbocycles. The molecule has 6 nitrogen and oxygen atoms in total. The van der Waals surface area contributed by atoms with E-state index in [-0.39, 0.29) is 12.5 Å². The van der Waals surface area contributed by atoms with Crippen molar-refractivity contribution in [1.29, 1.82) is 0 Å². The van der Waals surface area contributed by atoms with E-state index >= 15 is 0 Å². The molecule has 1 fully saturated rings. The highest BCUT2D eigenvalue weighted by Gasteiger charge is 2.26. The lowest BCUT2D eigenvalue weighted by atomic mass is 10.2. The summed E-state index contributed by atoms with van der Waals surface area (Å²) in [7, 11) is 0. The maximum absolute atomic E-state index is 13.0. The van der Waals surface area contributed by atoms with Crippen LogP contribution in [0, 0.1) is 6.92 Å². The highest BCUT2D eigenvalue weighted by molar-refractivity contribution is 7.18. The molecule has 1 aliphatic carbocycles. The number of nitrogens with zero attached hydrogens (tertiary/aromatic N) is 2. The highest BCUT2D eigenvalue weighted by Crippen LogP contribution is 2.37. The number of hydrogen-bond acceptors (Lipinski definition) is 6. The van der Waals surface area contributed by atoms with E-state index < -0.39 is 5.97 Å². The Labute approximate surface area is 170 Å². The summed E-state index contributed by atoms with van der Waals surface area (Å²) >= 11 is 2.77. The molecule has 0 spiro atoms. The van der Waals surface area contributed by atoms with Gasteiger partial charge >= 0.3 is 5.97 Å². The van der Waals surface area contributed by atoms with Crippen LogP contribution in [0.5, 0.6) is 0 Å². The number of amides is 1. The number of hydrogen-bond donors (Lipinski definition) is 1. The number of ether oxygens (including phenoxy) is 1. The van der Waals surface area contributed by atoms with Crippen molar-refractivity contribution in [2.75, 3.05) is 11.9 Å². The van der Waals surface area contributed by atoms with E-state index in [1.165, 1.54) is 18.9 Å². The summed E-state index contributed by atoms with van der Waals surface area (Å²) in [6.07, 6.45) is 6.08. The average molecular weight is 416 g/mol. The second kappa shape index (κ2) is 7.89. The maximum Gasteiger partial charge on any atom is 0.350 e. The molecular formula is C20H21N3O3S2. The molecule has 1 amide bonds. The minimum Gasteiger partial charge on any atom is -0.457 e. The Kier molecular flexibility index (Phi) is 5.32. The first-order chi connectivity index (χ1) is 13.6. The molecule has 0 unspecified atom stereocenters. The number of fused-ring (bicyclic) bond motifs is 1. The zero-order valence-electron chi connectivity index (χ0n) is 15.6. The molecule has 0 radical (unpaired) electrons. The van der Waals surface area contributed by atoms with E-state index in [9.17, 15) is 9.59 Å². The molecule has 4 rings (SSSR count). The minimum absolute atomic E-state index is 0.142. The quantitative estimate of drug-likeness (QED) is 0.445. The Hall–Kier alpha value is -2.45. The van der Waals surface area contributed by atoms with Crippen LogP contribution in [0.15, 0.2) is 30.2 Å². The lowest BCUT2D eigenvalue weighted by molar-refractivity contribution is 0.0554. The fraction of sp³-hybridized carbons (Fsp3) is 0.350. The molecule has 3 aromatic rings. The highest BCUT2D eigenvalue weighted by atomic mass is 32.1. The molecular weight excluding hydrogens is 394 g/mol. The molecule has 1 saturated carbocycles. The number of thiophene rings is 1. The number of aromatic nitrogens is 2. The maximum atomic E-state index is 13.0. The van der Waals surface area contributed by atoms with Crippen molar-refractivity contribution < 1.29 is 14.3 Å². The molecule has 8 heteroatoms. The number of anilines is 1. The van der Waals surface area contributed by atoms with E-state index in [0.717, 1.165) is 34.4 Å². The first kappa shape index (κ1) is 18.9. The van der Waals surface area contributed by atoms with Gasteiger partial charge in [0.15, 0.2) is 5.13 Å². The van der Waals surface area contributed by atoms with Crippen LogP contribution < -0.4 is 5.32 Å². The van der Waals surface area contributed by atoms with Crippen LogP contribution in [0.25, 0.3) is 10.2 Å². The van der Waals surface area contributed by atoms with Crippen LogP contribution in [-0.2, 0) is 4.74 Å². The molecule has 0 bridgehead atoms. The molecule has 1 N–H and O–H groups in total. The SMILES string of the molecule is C=CCOC(=O)c1sc(NC(=O)c2cc3sccc3n2C2CCCC2)nc1C. The van der Waals surface area contributed by atoms with Gasteiger partial charge in [-0.2, -0.15) is 0 Å². The number of carbonyl (C=O) groups excluding carboxylic acids is 2. The average Bonchev–Trinajstić information content (AvgIpc) is 3.43. The van der Waals surface area contributed by atoms with E-state index in [4.69, 9.17) is 4.74 Å². The second-order valence-electron chi connectivity index (χ2n) is 6.78. The topological polar surface area (TPSA) is 73.2 Å². The predicted molar refractivity (Wildman–Crippen MR) is 113 cm³/mol. The Bertz CT molecular complexity index is 1040. The third-order valence-corrected chi connectivity index (χ3v) is 6.82. The van der Waals surface area contributed by atoms with Gasteiger partial charge in [0.2, 0.25) is 0 Å². The van der Waals surface area contributed by atoms with Gasteiger partial charge in [0.25, 0.3) is 5.91 Å². The minimum atomic E-state index is -0.453. The molecule has 3 aromatic heterocycles. The van der Waals surface area contributed by atoms with Crippen molar-refractivity contribution in [3.8, 4) is 0 Å². The van der Waals surface area contributed by atoms with E-state index in [1.807, 2.05) is 6.07 Å².